The number of benzene rings is 2. The van der Waals surface area contributed by atoms with Gasteiger partial charge in [-0.05, 0) is 49.2 Å². The summed E-state index contributed by atoms with van der Waals surface area (Å²) in [6.07, 6.45) is 3.64. The first-order valence-corrected chi connectivity index (χ1v) is 11.5. The van der Waals surface area contributed by atoms with Crippen molar-refractivity contribution >= 4 is 44.8 Å². The van der Waals surface area contributed by atoms with Crippen molar-refractivity contribution in [3.8, 4) is 5.75 Å². The van der Waals surface area contributed by atoms with Gasteiger partial charge in [0.1, 0.15) is 10.6 Å². The Balaban J connectivity index is 1.94. The molecule has 1 amide bonds. The summed E-state index contributed by atoms with van der Waals surface area (Å²) in [7, 11) is -2.39. The minimum atomic E-state index is -3.79. The van der Waals surface area contributed by atoms with E-state index in [1.807, 2.05) is 0 Å². The van der Waals surface area contributed by atoms with Crippen molar-refractivity contribution in [2.75, 3.05) is 25.5 Å². The van der Waals surface area contributed by atoms with Crippen LogP contribution in [0.25, 0.3) is 0 Å². The van der Waals surface area contributed by atoms with Crippen LogP contribution in [-0.4, -0.2) is 38.8 Å². The van der Waals surface area contributed by atoms with Gasteiger partial charge in [0.15, 0.2) is 0 Å². The Hall–Kier alpha value is -1.80. The lowest BCUT2D eigenvalue weighted by atomic mass is 10.2. The summed E-state index contributed by atoms with van der Waals surface area (Å²) in [6.45, 7) is 0.917. The van der Waals surface area contributed by atoms with E-state index in [0.29, 0.717) is 28.8 Å². The van der Waals surface area contributed by atoms with Crippen LogP contribution < -0.4 is 10.1 Å². The molecule has 1 heterocycles. The molecule has 156 valence electrons. The standard InChI is InChI=1S/C20H22Cl2N2O4S/c1-28-18-9-6-14(20(25)23-17-13-15(21)7-8-16(17)22)12-19(18)29(26,27)24-10-4-2-3-5-11-24/h6-9,12-13H,2-5,10-11H2,1H3,(H,23,25). The van der Waals surface area contributed by atoms with Crippen molar-refractivity contribution < 1.29 is 17.9 Å². The summed E-state index contributed by atoms with van der Waals surface area (Å²) in [5, 5.41) is 3.42. The van der Waals surface area contributed by atoms with Crippen LogP contribution in [0.15, 0.2) is 41.3 Å². The Morgan fingerprint density at radius 1 is 1.03 bits per heavy atom. The molecule has 1 N–H and O–H groups in total. The fourth-order valence-electron chi connectivity index (χ4n) is 3.23. The first-order chi connectivity index (χ1) is 13.8. The van der Waals surface area contributed by atoms with Gasteiger partial charge < -0.3 is 10.1 Å². The van der Waals surface area contributed by atoms with Crippen molar-refractivity contribution in [2.24, 2.45) is 0 Å². The Morgan fingerprint density at radius 2 is 1.72 bits per heavy atom. The summed E-state index contributed by atoms with van der Waals surface area (Å²) in [5.41, 5.74) is 0.521. The number of sulfonamides is 1. The van der Waals surface area contributed by atoms with Crippen LogP contribution in [0.5, 0.6) is 5.75 Å². The van der Waals surface area contributed by atoms with Gasteiger partial charge >= 0.3 is 0 Å². The van der Waals surface area contributed by atoms with Gasteiger partial charge in [-0.3, -0.25) is 4.79 Å². The SMILES string of the molecule is COc1ccc(C(=O)Nc2cc(Cl)ccc2Cl)cc1S(=O)(=O)N1CCCCCC1. The number of carbonyl (C=O) groups is 1. The molecule has 2 aromatic rings. The summed E-state index contributed by atoms with van der Waals surface area (Å²) >= 11 is 12.1. The molecule has 0 spiro atoms. The molecule has 0 aromatic heterocycles. The molecule has 1 saturated heterocycles. The fraction of sp³-hybridized carbons (Fsp3) is 0.350. The number of hydrogen-bond donors (Lipinski definition) is 1. The van der Waals surface area contributed by atoms with Crippen molar-refractivity contribution in [1.29, 1.82) is 0 Å². The van der Waals surface area contributed by atoms with Crippen LogP contribution in [0.4, 0.5) is 5.69 Å². The molecule has 0 saturated carbocycles. The van der Waals surface area contributed by atoms with Gasteiger partial charge in [-0.2, -0.15) is 4.31 Å². The normalized spacial score (nSPS) is 15.6. The molecule has 1 aliphatic rings. The minimum Gasteiger partial charge on any atom is -0.495 e. The maximum atomic E-state index is 13.2. The van der Waals surface area contributed by atoms with Crippen LogP contribution in [0.2, 0.25) is 10.0 Å². The number of ether oxygens (including phenoxy) is 1. The molecule has 0 atom stereocenters. The van der Waals surface area contributed by atoms with E-state index in [1.165, 1.54) is 35.7 Å². The first kappa shape index (κ1) is 21.9. The predicted molar refractivity (Wildman–Crippen MR) is 115 cm³/mol. The number of anilines is 1. The molecule has 9 heteroatoms. The van der Waals surface area contributed by atoms with Crippen molar-refractivity contribution in [1.82, 2.24) is 4.31 Å². The van der Waals surface area contributed by atoms with Crippen LogP contribution in [0.1, 0.15) is 36.0 Å². The minimum absolute atomic E-state index is 0.0215. The van der Waals surface area contributed by atoms with Gasteiger partial charge in [0.25, 0.3) is 5.91 Å². The molecule has 0 bridgehead atoms. The highest BCUT2D eigenvalue weighted by molar-refractivity contribution is 7.89. The van der Waals surface area contributed by atoms with Crippen molar-refractivity contribution in [3.05, 3.63) is 52.0 Å². The quantitative estimate of drug-likeness (QED) is 0.699. The lowest BCUT2D eigenvalue weighted by molar-refractivity contribution is 0.102. The molecule has 29 heavy (non-hydrogen) atoms. The third kappa shape index (κ3) is 5.04. The van der Waals surface area contributed by atoms with Gasteiger partial charge in [0.05, 0.1) is 17.8 Å². The number of amides is 1. The van der Waals surface area contributed by atoms with Crippen molar-refractivity contribution in [3.63, 3.8) is 0 Å². The van der Waals surface area contributed by atoms with E-state index in [9.17, 15) is 13.2 Å². The summed E-state index contributed by atoms with van der Waals surface area (Å²) in [6, 6.07) is 9.04. The summed E-state index contributed by atoms with van der Waals surface area (Å²) in [5.74, 6) is -0.296. The van der Waals surface area contributed by atoms with E-state index >= 15 is 0 Å². The lowest BCUT2D eigenvalue weighted by Crippen LogP contribution is -2.32. The van der Waals surface area contributed by atoms with Gasteiger partial charge in [0.2, 0.25) is 10.0 Å². The zero-order valence-corrected chi connectivity index (χ0v) is 18.3. The van der Waals surface area contributed by atoms with E-state index < -0.39 is 15.9 Å². The van der Waals surface area contributed by atoms with E-state index in [-0.39, 0.29) is 16.2 Å². The third-order valence-electron chi connectivity index (χ3n) is 4.79. The number of nitrogens with zero attached hydrogens (tertiary/aromatic N) is 1. The number of nitrogens with one attached hydrogen (secondary N) is 1. The number of methoxy groups -OCH3 is 1. The van der Waals surface area contributed by atoms with E-state index in [4.69, 9.17) is 27.9 Å². The molecule has 2 aromatic carbocycles. The molecular weight excluding hydrogens is 435 g/mol. The lowest BCUT2D eigenvalue weighted by Gasteiger charge is -2.21. The van der Waals surface area contributed by atoms with Gasteiger partial charge in [-0.25, -0.2) is 8.42 Å². The zero-order valence-electron chi connectivity index (χ0n) is 16.0. The molecule has 3 rings (SSSR count). The Labute approximate surface area is 180 Å². The van der Waals surface area contributed by atoms with E-state index in [2.05, 4.69) is 5.32 Å². The maximum Gasteiger partial charge on any atom is 0.255 e. The molecule has 1 fully saturated rings. The molecule has 1 aliphatic heterocycles. The van der Waals surface area contributed by atoms with Gasteiger partial charge in [-0.15, -0.1) is 0 Å². The van der Waals surface area contributed by atoms with E-state index in [1.54, 1.807) is 12.1 Å². The highest BCUT2D eigenvalue weighted by Crippen LogP contribution is 2.30. The van der Waals surface area contributed by atoms with E-state index in [0.717, 1.165) is 25.7 Å². The fourth-order valence-corrected chi connectivity index (χ4v) is 5.26. The maximum absolute atomic E-state index is 13.2. The monoisotopic (exact) mass is 456 g/mol. The Morgan fingerprint density at radius 3 is 2.38 bits per heavy atom. The molecule has 0 aliphatic carbocycles. The smallest absolute Gasteiger partial charge is 0.255 e. The van der Waals surface area contributed by atoms with Crippen LogP contribution in [0, 0.1) is 0 Å². The van der Waals surface area contributed by atoms with Crippen LogP contribution in [0.3, 0.4) is 0 Å². The second-order valence-electron chi connectivity index (χ2n) is 6.76. The molecule has 6 nitrogen and oxygen atoms in total. The third-order valence-corrected chi connectivity index (χ3v) is 7.27. The second-order valence-corrected chi connectivity index (χ2v) is 9.51. The van der Waals surface area contributed by atoms with Gasteiger partial charge in [-0.1, -0.05) is 36.0 Å². The first-order valence-electron chi connectivity index (χ1n) is 9.27. The Kier molecular flexibility index (Phi) is 7.05. The molecule has 0 unspecified atom stereocenters. The highest BCUT2D eigenvalue weighted by atomic mass is 35.5. The molecule has 0 radical (unpaired) electrons. The summed E-state index contributed by atoms with van der Waals surface area (Å²) < 4.78 is 33.2. The molecular formula is C20H22Cl2N2O4S. The summed E-state index contributed by atoms with van der Waals surface area (Å²) in [4.78, 5) is 12.7. The number of halogens is 2. The Bertz CT molecular complexity index is 1000. The second kappa shape index (κ2) is 9.34. The average molecular weight is 457 g/mol. The zero-order chi connectivity index (χ0) is 21.0. The van der Waals surface area contributed by atoms with Gasteiger partial charge in [0, 0.05) is 23.7 Å². The predicted octanol–water partition coefficient (Wildman–Crippen LogP) is 4.82. The van der Waals surface area contributed by atoms with Crippen LogP contribution in [-0.2, 0) is 10.0 Å². The average Bonchev–Trinajstić information content (AvgIpc) is 3.00. The largest absolute Gasteiger partial charge is 0.495 e. The topological polar surface area (TPSA) is 75.7 Å². The highest BCUT2D eigenvalue weighted by Gasteiger charge is 2.29. The number of rotatable bonds is 5. The van der Waals surface area contributed by atoms with Crippen LogP contribution >= 0.6 is 23.2 Å². The number of hydrogen-bond acceptors (Lipinski definition) is 4. The number of carbonyl (C=O) groups excluding carboxylic acids is 1. The van der Waals surface area contributed by atoms with Crippen molar-refractivity contribution in [2.45, 2.75) is 30.6 Å².